The van der Waals surface area contributed by atoms with Crippen LogP contribution in [0.25, 0.3) is 44.3 Å². The number of carbonyl (C=O) groups is 2. The highest BCUT2D eigenvalue weighted by atomic mass is 19.1. The Kier molecular flexibility index (Phi) is 12.6. The van der Waals surface area contributed by atoms with Crippen LogP contribution >= 0.6 is 0 Å². The summed E-state index contributed by atoms with van der Waals surface area (Å²) in [6.07, 6.45) is 2.65. The molecule has 11 nitrogen and oxygen atoms in total. The molecule has 8 N–H and O–H groups in total. The number of nitrogens with one attached hydrogen (secondary N) is 1. The molecule has 0 saturated heterocycles. The van der Waals surface area contributed by atoms with E-state index in [1.807, 2.05) is 13.8 Å². The van der Waals surface area contributed by atoms with Crippen molar-refractivity contribution in [3.05, 3.63) is 108 Å². The van der Waals surface area contributed by atoms with E-state index < -0.39 is 5.97 Å². The Morgan fingerprint density at radius 2 is 1.18 bits per heavy atom. The molecule has 2 aromatic carbocycles. The second-order valence-electron chi connectivity index (χ2n) is 12.4. The van der Waals surface area contributed by atoms with Crippen molar-refractivity contribution in [2.75, 3.05) is 24.6 Å². The van der Waals surface area contributed by atoms with E-state index >= 15 is 0 Å². The van der Waals surface area contributed by atoms with E-state index in [0.717, 1.165) is 6.54 Å². The molecule has 0 spiro atoms. The number of hydrogen-bond donors (Lipinski definition) is 5. The van der Waals surface area contributed by atoms with E-state index in [1.54, 1.807) is 48.5 Å². The molecule has 4 heterocycles. The molecule has 0 saturated carbocycles. The standard InChI is InChI=1S/C19H19FN4O.C15H10FN3O2.C4H11N/c1-11(2)9-23-19(25)15-10-22-18(21)17-14(15)6-7-16(24-17)12-4-3-5-13(20)8-12;16-9-3-1-2-8(6-9)12-5-4-10-11(15(20)21)7-18-14(17)13(10)19-12;1-4(2)3-5/h3-8,10-11H,9H2,1-2H3,(H2,21,22)(H,23,25);1-7H,(H2,17,18)(H,20,21);4H,3,5H2,1-2H3. The number of carboxylic acids is 1. The molecule has 0 atom stereocenters. The molecule has 1 amide bonds. The lowest BCUT2D eigenvalue weighted by Crippen LogP contribution is -2.27. The third-order valence-corrected chi connectivity index (χ3v) is 7.38. The van der Waals surface area contributed by atoms with Gasteiger partial charge in [0.25, 0.3) is 5.91 Å². The maximum atomic E-state index is 13.4. The lowest BCUT2D eigenvalue weighted by molar-refractivity contribution is 0.0698. The van der Waals surface area contributed by atoms with Crippen molar-refractivity contribution >= 4 is 45.3 Å². The average molecular weight is 695 g/mol. The Morgan fingerprint density at radius 1 is 0.725 bits per heavy atom. The molecular formula is C38H40F2N8O3. The van der Waals surface area contributed by atoms with Crippen molar-refractivity contribution in [1.82, 2.24) is 25.3 Å². The van der Waals surface area contributed by atoms with Crippen LogP contribution in [0.1, 0.15) is 48.4 Å². The van der Waals surface area contributed by atoms with E-state index in [1.165, 1.54) is 36.7 Å². The topological polar surface area (TPSA) is 196 Å². The maximum Gasteiger partial charge on any atom is 0.337 e. The summed E-state index contributed by atoms with van der Waals surface area (Å²) in [7, 11) is 0. The van der Waals surface area contributed by atoms with Crippen LogP contribution in [0, 0.1) is 23.5 Å². The molecule has 0 bridgehead atoms. The number of aromatic carboxylic acids is 1. The van der Waals surface area contributed by atoms with Crippen LogP contribution in [0.4, 0.5) is 20.4 Å². The van der Waals surface area contributed by atoms with Gasteiger partial charge in [-0.05, 0) is 66.9 Å². The van der Waals surface area contributed by atoms with E-state index in [2.05, 4.69) is 39.1 Å². The fourth-order valence-corrected chi connectivity index (χ4v) is 4.63. The van der Waals surface area contributed by atoms with Gasteiger partial charge in [0, 0.05) is 40.8 Å². The van der Waals surface area contributed by atoms with Gasteiger partial charge in [-0.1, -0.05) is 52.0 Å². The minimum atomic E-state index is -1.10. The molecule has 6 aromatic rings. The SMILES string of the molecule is CC(C)CN.CC(C)CNC(=O)c1cnc(N)c2nc(-c3cccc(F)c3)ccc12.Nc1ncc(C(=O)O)c2ccc(-c3cccc(F)c3)nc12. The Labute approximate surface area is 294 Å². The number of benzene rings is 2. The second-order valence-corrected chi connectivity index (χ2v) is 12.4. The third kappa shape index (κ3) is 9.76. The maximum absolute atomic E-state index is 13.4. The minimum absolute atomic E-state index is 0.0255. The quantitative estimate of drug-likeness (QED) is 0.120. The first-order valence-electron chi connectivity index (χ1n) is 16.1. The molecule has 13 heteroatoms. The Bertz CT molecular complexity index is 2180. The number of nitrogens with zero attached hydrogens (tertiary/aromatic N) is 4. The van der Waals surface area contributed by atoms with Gasteiger partial charge in [0.1, 0.15) is 34.3 Å². The van der Waals surface area contributed by atoms with E-state index in [-0.39, 0.29) is 40.3 Å². The molecule has 4 aromatic heterocycles. The van der Waals surface area contributed by atoms with Gasteiger partial charge < -0.3 is 27.6 Å². The predicted octanol–water partition coefficient (Wildman–Crippen LogP) is 6.72. The summed E-state index contributed by atoms with van der Waals surface area (Å²) >= 11 is 0. The van der Waals surface area contributed by atoms with Gasteiger partial charge in [0.05, 0.1) is 22.5 Å². The predicted molar refractivity (Wildman–Crippen MR) is 197 cm³/mol. The lowest BCUT2D eigenvalue weighted by atomic mass is 10.1. The van der Waals surface area contributed by atoms with Crippen LogP contribution in [0.2, 0.25) is 0 Å². The number of fused-ring (bicyclic) bond motifs is 2. The summed E-state index contributed by atoms with van der Waals surface area (Å²) in [5, 5.41) is 13.0. The molecule has 51 heavy (non-hydrogen) atoms. The molecular weight excluding hydrogens is 654 g/mol. The number of carbonyl (C=O) groups excluding carboxylic acids is 1. The number of rotatable bonds is 7. The summed E-state index contributed by atoms with van der Waals surface area (Å²) in [6.45, 7) is 9.61. The van der Waals surface area contributed by atoms with E-state index in [4.69, 9.17) is 22.3 Å². The fourth-order valence-electron chi connectivity index (χ4n) is 4.63. The number of aromatic nitrogens is 4. The van der Waals surface area contributed by atoms with Crippen LogP contribution in [0.3, 0.4) is 0 Å². The highest BCUT2D eigenvalue weighted by Gasteiger charge is 2.16. The van der Waals surface area contributed by atoms with Crippen molar-refractivity contribution in [2.24, 2.45) is 17.6 Å². The number of pyridine rings is 4. The monoisotopic (exact) mass is 694 g/mol. The minimum Gasteiger partial charge on any atom is -0.478 e. The van der Waals surface area contributed by atoms with E-state index in [9.17, 15) is 18.4 Å². The van der Waals surface area contributed by atoms with Crippen molar-refractivity contribution < 1.29 is 23.5 Å². The van der Waals surface area contributed by atoms with Gasteiger partial charge in [-0.2, -0.15) is 0 Å². The first kappa shape index (κ1) is 37.7. The van der Waals surface area contributed by atoms with Crippen LogP contribution < -0.4 is 22.5 Å². The highest BCUT2D eigenvalue weighted by Crippen LogP contribution is 2.27. The number of nitrogen functional groups attached to an aromatic ring is 2. The number of amides is 1. The Hall–Kier alpha value is -6.08. The van der Waals surface area contributed by atoms with Gasteiger partial charge >= 0.3 is 5.97 Å². The first-order valence-corrected chi connectivity index (χ1v) is 16.1. The fraction of sp³-hybridized carbons (Fsp3) is 0.211. The van der Waals surface area contributed by atoms with Crippen LogP contribution in [0.5, 0.6) is 0 Å². The summed E-state index contributed by atoms with van der Waals surface area (Å²) in [4.78, 5) is 40.3. The molecule has 0 aliphatic carbocycles. The van der Waals surface area contributed by atoms with Gasteiger partial charge in [0.2, 0.25) is 0 Å². The number of nitrogens with two attached hydrogens (primary N) is 3. The number of halogens is 2. The Balaban J connectivity index is 0.000000204. The van der Waals surface area contributed by atoms with Gasteiger partial charge in [0.15, 0.2) is 0 Å². The van der Waals surface area contributed by atoms with Crippen molar-refractivity contribution in [3.63, 3.8) is 0 Å². The third-order valence-electron chi connectivity index (χ3n) is 7.38. The molecule has 264 valence electrons. The largest absolute Gasteiger partial charge is 0.478 e. The summed E-state index contributed by atoms with van der Waals surface area (Å²) < 4.78 is 26.7. The Morgan fingerprint density at radius 3 is 1.59 bits per heavy atom. The van der Waals surface area contributed by atoms with Gasteiger partial charge in [-0.3, -0.25) is 4.79 Å². The molecule has 0 unspecified atom stereocenters. The van der Waals surface area contributed by atoms with E-state index in [0.29, 0.717) is 62.7 Å². The second kappa shape index (κ2) is 17.0. The van der Waals surface area contributed by atoms with Crippen molar-refractivity contribution in [2.45, 2.75) is 27.7 Å². The van der Waals surface area contributed by atoms with Crippen LogP contribution in [-0.2, 0) is 0 Å². The summed E-state index contributed by atoms with van der Waals surface area (Å²) in [6, 6.07) is 18.9. The number of hydrogen-bond acceptors (Lipinski definition) is 9. The highest BCUT2D eigenvalue weighted by molar-refractivity contribution is 6.08. The zero-order valence-electron chi connectivity index (χ0n) is 28.7. The number of carboxylic acid groups (broad SMARTS) is 1. The van der Waals surface area contributed by atoms with Crippen molar-refractivity contribution in [3.8, 4) is 22.5 Å². The van der Waals surface area contributed by atoms with Crippen LogP contribution in [-0.4, -0.2) is 50.0 Å². The molecule has 0 aliphatic rings. The zero-order valence-corrected chi connectivity index (χ0v) is 28.7. The van der Waals surface area contributed by atoms with Crippen molar-refractivity contribution in [1.29, 1.82) is 0 Å². The molecule has 0 aliphatic heterocycles. The molecule has 0 fully saturated rings. The van der Waals surface area contributed by atoms with Gasteiger partial charge in [-0.15, -0.1) is 0 Å². The zero-order chi connectivity index (χ0) is 37.2. The summed E-state index contributed by atoms with van der Waals surface area (Å²) in [5.74, 6) is -0.669. The van der Waals surface area contributed by atoms with Gasteiger partial charge in [-0.25, -0.2) is 33.5 Å². The summed E-state index contributed by atoms with van der Waals surface area (Å²) in [5.41, 5.74) is 20.3. The number of anilines is 2. The normalized spacial score (nSPS) is 10.8. The smallest absolute Gasteiger partial charge is 0.337 e. The molecule has 0 radical (unpaired) electrons. The lowest BCUT2D eigenvalue weighted by Gasteiger charge is -2.11. The van der Waals surface area contributed by atoms with Crippen LogP contribution in [0.15, 0.2) is 85.2 Å². The first-order chi connectivity index (χ1) is 24.3. The average Bonchev–Trinajstić information content (AvgIpc) is 3.11. The molecule has 6 rings (SSSR count).